The van der Waals surface area contributed by atoms with Crippen LogP contribution < -0.4 is 0 Å². The number of ether oxygens (including phenoxy) is 1. The van der Waals surface area contributed by atoms with Crippen molar-refractivity contribution < 1.29 is 19.4 Å². The Balaban J connectivity index is 1.54. The van der Waals surface area contributed by atoms with Gasteiger partial charge in [-0.15, -0.1) is 11.3 Å². The first-order chi connectivity index (χ1) is 17.0. The molecular formula is C29H31NO4S. The Kier molecular flexibility index (Phi) is 7.02. The summed E-state index contributed by atoms with van der Waals surface area (Å²) in [6.07, 6.45) is 6.72. The predicted octanol–water partition coefficient (Wildman–Crippen LogP) is 7.22. The number of carbonyl (C=O) groups excluding carboxylic acids is 1. The van der Waals surface area contributed by atoms with E-state index in [1.165, 1.54) is 37.0 Å². The van der Waals surface area contributed by atoms with Gasteiger partial charge in [0.25, 0.3) is 0 Å². The summed E-state index contributed by atoms with van der Waals surface area (Å²) < 4.78 is 8.16. The minimum atomic E-state index is -0.948. The van der Waals surface area contributed by atoms with Crippen molar-refractivity contribution in [3.05, 3.63) is 69.9 Å². The first kappa shape index (κ1) is 23.8. The number of aliphatic carboxylic acids is 1. The maximum atomic E-state index is 13.0. The van der Waals surface area contributed by atoms with Crippen molar-refractivity contribution in [1.82, 2.24) is 4.57 Å². The summed E-state index contributed by atoms with van der Waals surface area (Å²) in [5.74, 6) is -0.201. The van der Waals surface area contributed by atoms with Gasteiger partial charge in [0, 0.05) is 33.9 Å². The smallest absolute Gasteiger partial charge is 0.329 e. The van der Waals surface area contributed by atoms with Crippen LogP contribution in [0.3, 0.4) is 0 Å². The van der Waals surface area contributed by atoms with Crippen LogP contribution in [0.25, 0.3) is 21.8 Å². The van der Waals surface area contributed by atoms with Crippen molar-refractivity contribution in [2.24, 2.45) is 5.92 Å². The van der Waals surface area contributed by atoms with E-state index in [9.17, 15) is 14.7 Å². The summed E-state index contributed by atoms with van der Waals surface area (Å²) in [6, 6.07) is 16.0. The van der Waals surface area contributed by atoms with E-state index in [1.807, 2.05) is 35.7 Å². The monoisotopic (exact) mass is 489 g/mol. The van der Waals surface area contributed by atoms with E-state index < -0.39 is 5.97 Å². The second-order valence-electron chi connectivity index (χ2n) is 9.48. The molecule has 1 unspecified atom stereocenters. The molecule has 2 heterocycles. The molecule has 0 radical (unpaired) electrons. The minimum absolute atomic E-state index is 0.0367. The number of carbonyl (C=O) groups is 2. The van der Waals surface area contributed by atoms with E-state index in [1.54, 1.807) is 0 Å². The fraction of sp³-hybridized carbons (Fsp3) is 0.379. The van der Waals surface area contributed by atoms with Gasteiger partial charge in [-0.3, -0.25) is 4.79 Å². The van der Waals surface area contributed by atoms with E-state index in [-0.39, 0.29) is 18.5 Å². The number of nitrogens with zero attached hydrogens (tertiary/aromatic N) is 1. The van der Waals surface area contributed by atoms with Gasteiger partial charge in [-0.1, -0.05) is 37.8 Å². The maximum Gasteiger partial charge on any atom is 0.329 e. The number of carboxylic acids is 1. The summed E-state index contributed by atoms with van der Waals surface area (Å²) >= 11 is 1.46. The fourth-order valence-corrected chi connectivity index (χ4v) is 6.24. The Bertz CT molecular complexity index is 1350. The highest BCUT2D eigenvalue weighted by Gasteiger charge is 2.21. The van der Waals surface area contributed by atoms with Gasteiger partial charge in [-0.25, -0.2) is 4.79 Å². The summed E-state index contributed by atoms with van der Waals surface area (Å²) in [5, 5.41) is 13.3. The van der Waals surface area contributed by atoms with Crippen molar-refractivity contribution in [2.45, 2.75) is 58.1 Å². The third-order valence-electron chi connectivity index (χ3n) is 7.30. The molecule has 0 amide bonds. The van der Waals surface area contributed by atoms with E-state index >= 15 is 0 Å². The number of rotatable bonds is 10. The van der Waals surface area contributed by atoms with Crippen molar-refractivity contribution in [2.75, 3.05) is 6.61 Å². The molecule has 1 saturated carbocycles. The third kappa shape index (κ3) is 4.91. The summed E-state index contributed by atoms with van der Waals surface area (Å²) in [6.45, 7) is 2.64. The zero-order chi connectivity index (χ0) is 24.4. The van der Waals surface area contributed by atoms with Gasteiger partial charge in [-0.2, -0.15) is 0 Å². The molecular weight excluding hydrogens is 458 g/mol. The van der Waals surface area contributed by atoms with Crippen LogP contribution >= 0.6 is 11.3 Å². The standard InChI is InChI=1S/C29H31NO4S/c1-2-30-24-12-10-20(26(34-18-28(31)32)14-9-19-6-3-4-7-19)16-22(24)23-17-21(11-13-25(23)30)29(33)27-8-5-15-35-27/h5,8,10-13,15-17,19,26H,2-4,6-7,9,14,18H2,1H3,(H,31,32). The minimum Gasteiger partial charge on any atom is -0.480 e. The van der Waals surface area contributed by atoms with Crippen LogP contribution in [-0.4, -0.2) is 28.0 Å². The number of hydrogen-bond acceptors (Lipinski definition) is 4. The molecule has 6 heteroatoms. The number of aryl methyl sites for hydroxylation is 1. The van der Waals surface area contributed by atoms with Crippen LogP contribution in [0.5, 0.6) is 0 Å². The lowest BCUT2D eigenvalue weighted by molar-refractivity contribution is -0.144. The number of aromatic nitrogens is 1. The Morgan fingerprint density at radius 3 is 2.51 bits per heavy atom. The number of fused-ring (bicyclic) bond motifs is 3. The average molecular weight is 490 g/mol. The lowest BCUT2D eigenvalue weighted by Crippen LogP contribution is -2.13. The second kappa shape index (κ2) is 10.3. The normalized spacial score (nSPS) is 15.2. The highest BCUT2D eigenvalue weighted by Crippen LogP contribution is 2.36. The molecule has 0 bridgehead atoms. The van der Waals surface area contributed by atoms with Crippen molar-refractivity contribution in [3.63, 3.8) is 0 Å². The Hall–Kier alpha value is -2.96. The van der Waals surface area contributed by atoms with Gasteiger partial charge in [-0.05, 0) is 73.0 Å². The molecule has 2 aromatic carbocycles. The van der Waals surface area contributed by atoms with Crippen LogP contribution in [0.2, 0.25) is 0 Å². The molecule has 1 aliphatic rings. The Morgan fingerprint density at radius 2 is 1.83 bits per heavy atom. The molecule has 5 nitrogen and oxygen atoms in total. The van der Waals surface area contributed by atoms with E-state index in [0.717, 1.165) is 51.6 Å². The largest absolute Gasteiger partial charge is 0.480 e. The Labute approximate surface area is 209 Å². The summed E-state index contributed by atoms with van der Waals surface area (Å²) in [4.78, 5) is 25.0. The lowest BCUT2D eigenvalue weighted by atomic mass is 9.95. The number of benzene rings is 2. The molecule has 0 saturated heterocycles. The zero-order valence-electron chi connectivity index (χ0n) is 20.0. The topological polar surface area (TPSA) is 68.5 Å². The summed E-state index contributed by atoms with van der Waals surface area (Å²) in [5.41, 5.74) is 3.89. The van der Waals surface area contributed by atoms with Crippen molar-refractivity contribution >= 4 is 44.9 Å². The number of hydrogen-bond donors (Lipinski definition) is 1. The lowest BCUT2D eigenvalue weighted by Gasteiger charge is -2.20. The molecule has 0 spiro atoms. The molecule has 1 fully saturated rings. The first-order valence-corrected chi connectivity index (χ1v) is 13.4. The molecule has 4 aromatic rings. The van der Waals surface area contributed by atoms with Gasteiger partial charge < -0.3 is 14.4 Å². The molecule has 5 rings (SSSR count). The van der Waals surface area contributed by atoms with Crippen LogP contribution in [0.1, 0.15) is 72.4 Å². The molecule has 1 aliphatic carbocycles. The highest BCUT2D eigenvalue weighted by atomic mass is 32.1. The molecule has 0 aliphatic heterocycles. The van der Waals surface area contributed by atoms with Crippen molar-refractivity contribution in [3.8, 4) is 0 Å². The van der Waals surface area contributed by atoms with Crippen LogP contribution in [0.4, 0.5) is 0 Å². The van der Waals surface area contributed by atoms with E-state index in [4.69, 9.17) is 4.74 Å². The fourth-order valence-electron chi connectivity index (χ4n) is 5.56. The SMILES string of the molecule is CCn1c2ccc(C(=O)c3cccs3)cc2c2cc(C(CCC3CCCC3)OCC(=O)O)ccc21. The first-order valence-electron chi connectivity index (χ1n) is 12.5. The third-order valence-corrected chi connectivity index (χ3v) is 8.17. The van der Waals surface area contributed by atoms with Gasteiger partial charge in [0.1, 0.15) is 6.61 Å². The predicted molar refractivity (Wildman–Crippen MR) is 140 cm³/mol. The molecule has 2 aromatic heterocycles. The molecule has 35 heavy (non-hydrogen) atoms. The molecule has 1 N–H and O–H groups in total. The molecule has 1 atom stereocenters. The van der Waals surface area contributed by atoms with Crippen LogP contribution in [-0.2, 0) is 16.1 Å². The van der Waals surface area contributed by atoms with Gasteiger partial charge in [0.2, 0.25) is 5.78 Å². The van der Waals surface area contributed by atoms with Gasteiger partial charge >= 0.3 is 5.97 Å². The number of carboxylic acid groups (broad SMARTS) is 1. The van der Waals surface area contributed by atoms with Gasteiger partial charge in [0.15, 0.2) is 0 Å². The van der Waals surface area contributed by atoms with E-state index in [0.29, 0.717) is 11.5 Å². The Morgan fingerprint density at radius 1 is 1.09 bits per heavy atom. The highest BCUT2D eigenvalue weighted by molar-refractivity contribution is 7.12. The molecule has 182 valence electrons. The number of ketones is 1. The zero-order valence-corrected chi connectivity index (χ0v) is 20.9. The maximum absolute atomic E-state index is 13.0. The van der Waals surface area contributed by atoms with Crippen molar-refractivity contribution in [1.29, 1.82) is 0 Å². The quantitative estimate of drug-likeness (QED) is 0.239. The van der Waals surface area contributed by atoms with E-state index in [2.05, 4.69) is 29.7 Å². The van der Waals surface area contributed by atoms with Crippen LogP contribution in [0, 0.1) is 5.92 Å². The summed E-state index contributed by atoms with van der Waals surface area (Å²) in [7, 11) is 0. The van der Waals surface area contributed by atoms with Crippen LogP contribution in [0.15, 0.2) is 53.9 Å². The average Bonchev–Trinajstić information content (AvgIpc) is 3.63. The van der Waals surface area contributed by atoms with Gasteiger partial charge in [0.05, 0.1) is 11.0 Å². The second-order valence-corrected chi connectivity index (χ2v) is 10.4. The number of thiophene rings is 1.